The molecule has 0 saturated carbocycles. The number of aromatic hydroxyl groups is 1. The normalized spacial score (nSPS) is 13.0. The Morgan fingerprint density at radius 1 is 1.19 bits per heavy atom. The zero-order valence-electron chi connectivity index (χ0n) is 14.6. The van der Waals surface area contributed by atoms with Gasteiger partial charge in [-0.2, -0.15) is 5.26 Å². The van der Waals surface area contributed by atoms with Gasteiger partial charge in [-0.25, -0.2) is 0 Å². The number of hydrogen-bond acceptors (Lipinski definition) is 7. The van der Waals surface area contributed by atoms with Crippen LogP contribution in [0.3, 0.4) is 0 Å². The predicted octanol–water partition coefficient (Wildman–Crippen LogP) is 3.81. The minimum atomic E-state index is -0.841. The molecule has 8 heteroatoms. The molecule has 0 radical (unpaired) electrons. The van der Waals surface area contributed by atoms with E-state index in [0.29, 0.717) is 27.4 Å². The zero-order valence-corrected chi connectivity index (χ0v) is 15.4. The summed E-state index contributed by atoms with van der Waals surface area (Å²) in [7, 11) is 0. The van der Waals surface area contributed by atoms with Crippen molar-refractivity contribution in [1.82, 2.24) is 10.2 Å². The molecule has 27 heavy (non-hydrogen) atoms. The maximum Gasteiger partial charge on any atom is 0.247 e. The first-order chi connectivity index (χ1) is 12.9. The van der Waals surface area contributed by atoms with Crippen molar-refractivity contribution in [3.05, 3.63) is 58.4 Å². The van der Waals surface area contributed by atoms with Crippen molar-refractivity contribution in [2.45, 2.75) is 26.0 Å². The summed E-state index contributed by atoms with van der Waals surface area (Å²) < 4.78 is 5.71. The van der Waals surface area contributed by atoms with E-state index in [9.17, 15) is 10.2 Å². The number of aliphatic hydroxyl groups is 1. The van der Waals surface area contributed by atoms with Gasteiger partial charge in [-0.05, 0) is 55.8 Å². The summed E-state index contributed by atoms with van der Waals surface area (Å²) in [6, 6.07) is 11.0. The van der Waals surface area contributed by atoms with Gasteiger partial charge in [0.2, 0.25) is 11.8 Å². The SMILES string of the molecule is Cc1c(N[C@@H](c2nnc(-c3ccc(O)cc3)o2)[C@@H](C)O)ccc(C#N)c1Cl. The topological polar surface area (TPSA) is 115 Å². The average molecular weight is 385 g/mol. The summed E-state index contributed by atoms with van der Waals surface area (Å²) in [6.07, 6.45) is -0.841. The van der Waals surface area contributed by atoms with Crippen LogP contribution in [0.1, 0.15) is 30.0 Å². The van der Waals surface area contributed by atoms with E-state index in [1.54, 1.807) is 38.1 Å². The van der Waals surface area contributed by atoms with Gasteiger partial charge in [-0.3, -0.25) is 0 Å². The van der Waals surface area contributed by atoms with Crippen molar-refractivity contribution >= 4 is 17.3 Å². The maximum absolute atomic E-state index is 10.2. The lowest BCUT2D eigenvalue weighted by molar-refractivity contribution is 0.159. The van der Waals surface area contributed by atoms with Crippen LogP contribution in [0, 0.1) is 18.3 Å². The summed E-state index contributed by atoms with van der Waals surface area (Å²) in [5.41, 5.74) is 2.35. The highest BCUT2D eigenvalue weighted by Gasteiger charge is 2.25. The van der Waals surface area contributed by atoms with Crippen LogP contribution in [0.15, 0.2) is 40.8 Å². The second-order valence-electron chi connectivity index (χ2n) is 6.07. The molecule has 3 N–H and O–H groups in total. The molecule has 7 nitrogen and oxygen atoms in total. The van der Waals surface area contributed by atoms with Gasteiger partial charge in [0, 0.05) is 11.3 Å². The molecule has 0 unspecified atom stereocenters. The van der Waals surface area contributed by atoms with Crippen molar-refractivity contribution < 1.29 is 14.6 Å². The zero-order chi connectivity index (χ0) is 19.6. The van der Waals surface area contributed by atoms with Crippen molar-refractivity contribution in [3.8, 4) is 23.3 Å². The Balaban J connectivity index is 1.90. The van der Waals surface area contributed by atoms with Gasteiger partial charge in [0.25, 0.3) is 0 Å². The van der Waals surface area contributed by atoms with Crippen LogP contribution >= 0.6 is 11.6 Å². The fourth-order valence-corrected chi connectivity index (χ4v) is 2.77. The molecule has 3 aromatic rings. The first kappa shape index (κ1) is 18.7. The second kappa shape index (κ2) is 7.66. The van der Waals surface area contributed by atoms with Crippen molar-refractivity contribution in [3.63, 3.8) is 0 Å². The molecule has 0 saturated heterocycles. The highest BCUT2D eigenvalue weighted by molar-refractivity contribution is 6.32. The largest absolute Gasteiger partial charge is 0.508 e. The lowest BCUT2D eigenvalue weighted by Crippen LogP contribution is -2.23. The molecule has 138 valence electrons. The Bertz CT molecular complexity index is 993. The molecule has 0 aliphatic carbocycles. The van der Waals surface area contributed by atoms with Crippen LogP contribution in [0.5, 0.6) is 5.75 Å². The number of hydrogen-bond donors (Lipinski definition) is 3. The van der Waals surface area contributed by atoms with E-state index < -0.39 is 12.1 Å². The maximum atomic E-state index is 10.2. The molecule has 0 fully saturated rings. The Kier molecular flexibility index (Phi) is 5.31. The molecule has 2 atom stereocenters. The number of aromatic nitrogens is 2. The van der Waals surface area contributed by atoms with Gasteiger partial charge >= 0.3 is 0 Å². The summed E-state index contributed by atoms with van der Waals surface area (Å²) in [6.45, 7) is 3.38. The van der Waals surface area contributed by atoms with Gasteiger partial charge < -0.3 is 19.9 Å². The number of aliphatic hydroxyl groups excluding tert-OH is 1. The summed E-state index contributed by atoms with van der Waals surface area (Å²) in [5, 5.41) is 40.2. The number of phenols is 1. The van der Waals surface area contributed by atoms with E-state index in [2.05, 4.69) is 15.5 Å². The standard InChI is InChI=1S/C19H17ClN4O3/c1-10-15(8-5-13(9-21)16(10)20)22-17(11(2)25)19-24-23-18(27-19)12-3-6-14(26)7-4-12/h3-8,11,17,22,25-26H,1-2H3/t11-,17-/m1/s1. The van der Waals surface area contributed by atoms with Crippen LogP contribution in [0.25, 0.3) is 11.5 Å². The van der Waals surface area contributed by atoms with Gasteiger partial charge in [0.15, 0.2) is 0 Å². The van der Waals surface area contributed by atoms with E-state index in [4.69, 9.17) is 21.3 Å². The molecule has 3 rings (SSSR count). The molecule has 0 spiro atoms. The van der Waals surface area contributed by atoms with E-state index >= 15 is 0 Å². The summed E-state index contributed by atoms with van der Waals surface area (Å²) in [4.78, 5) is 0. The minimum absolute atomic E-state index is 0.134. The predicted molar refractivity (Wildman–Crippen MR) is 100 cm³/mol. The summed E-state index contributed by atoms with van der Waals surface area (Å²) in [5.74, 6) is 0.607. The lowest BCUT2D eigenvalue weighted by atomic mass is 10.1. The number of phenolic OH excluding ortho intramolecular Hbond substituents is 1. The van der Waals surface area contributed by atoms with Gasteiger partial charge in [-0.15, -0.1) is 10.2 Å². The lowest BCUT2D eigenvalue weighted by Gasteiger charge is -2.21. The Morgan fingerprint density at radius 2 is 1.89 bits per heavy atom. The quantitative estimate of drug-likeness (QED) is 0.612. The van der Waals surface area contributed by atoms with Crippen molar-refractivity contribution in [1.29, 1.82) is 5.26 Å². The van der Waals surface area contributed by atoms with Gasteiger partial charge in [0.05, 0.1) is 16.7 Å². The molecule has 1 heterocycles. The molecule has 0 amide bonds. The van der Waals surface area contributed by atoms with Crippen LogP contribution in [0.2, 0.25) is 5.02 Å². The number of anilines is 1. The number of nitrogens with one attached hydrogen (secondary N) is 1. The summed E-state index contributed by atoms with van der Waals surface area (Å²) >= 11 is 6.21. The van der Waals surface area contributed by atoms with E-state index in [0.717, 1.165) is 0 Å². The van der Waals surface area contributed by atoms with E-state index in [1.165, 1.54) is 12.1 Å². The third-order valence-electron chi connectivity index (χ3n) is 4.12. The van der Waals surface area contributed by atoms with Crippen LogP contribution in [-0.2, 0) is 0 Å². The van der Waals surface area contributed by atoms with Crippen molar-refractivity contribution in [2.75, 3.05) is 5.32 Å². The fraction of sp³-hybridized carbons (Fsp3) is 0.211. The van der Waals surface area contributed by atoms with E-state index in [1.807, 2.05) is 6.07 Å². The Morgan fingerprint density at radius 3 is 2.52 bits per heavy atom. The molecular formula is C19H17ClN4O3. The monoisotopic (exact) mass is 384 g/mol. The average Bonchev–Trinajstić information content (AvgIpc) is 3.13. The van der Waals surface area contributed by atoms with Crippen LogP contribution in [0.4, 0.5) is 5.69 Å². The number of nitrogens with zero attached hydrogens (tertiary/aromatic N) is 3. The number of benzene rings is 2. The number of halogens is 1. The second-order valence-corrected chi connectivity index (χ2v) is 6.44. The first-order valence-corrected chi connectivity index (χ1v) is 8.55. The third kappa shape index (κ3) is 3.87. The Hall–Kier alpha value is -3.08. The highest BCUT2D eigenvalue weighted by atomic mass is 35.5. The number of nitriles is 1. The molecule has 1 aromatic heterocycles. The highest BCUT2D eigenvalue weighted by Crippen LogP contribution is 2.31. The van der Waals surface area contributed by atoms with Crippen molar-refractivity contribution in [2.24, 2.45) is 0 Å². The smallest absolute Gasteiger partial charge is 0.247 e. The first-order valence-electron chi connectivity index (χ1n) is 8.17. The molecule has 2 aromatic carbocycles. The molecule has 0 bridgehead atoms. The van der Waals surface area contributed by atoms with E-state index in [-0.39, 0.29) is 17.5 Å². The van der Waals surface area contributed by atoms with Gasteiger partial charge in [0.1, 0.15) is 17.9 Å². The Labute approximate surface area is 160 Å². The third-order valence-corrected chi connectivity index (χ3v) is 4.61. The molecule has 0 aliphatic rings. The van der Waals surface area contributed by atoms with Crippen LogP contribution < -0.4 is 5.32 Å². The minimum Gasteiger partial charge on any atom is -0.508 e. The molecular weight excluding hydrogens is 368 g/mol. The van der Waals surface area contributed by atoms with Crippen LogP contribution in [-0.4, -0.2) is 26.5 Å². The van der Waals surface area contributed by atoms with Gasteiger partial charge in [-0.1, -0.05) is 11.6 Å². The molecule has 0 aliphatic heterocycles. The number of rotatable bonds is 5. The fourth-order valence-electron chi connectivity index (χ4n) is 2.56.